The van der Waals surface area contributed by atoms with Crippen molar-refractivity contribution in [1.29, 1.82) is 0 Å². The summed E-state index contributed by atoms with van der Waals surface area (Å²) in [5.74, 6) is 0.324. The van der Waals surface area contributed by atoms with Crippen LogP contribution in [0.5, 0.6) is 5.75 Å². The van der Waals surface area contributed by atoms with Crippen LogP contribution in [0.4, 0.5) is 0 Å². The van der Waals surface area contributed by atoms with Crippen LogP contribution >= 0.6 is 24.0 Å². The van der Waals surface area contributed by atoms with Crippen molar-refractivity contribution < 1.29 is 13.2 Å². The second kappa shape index (κ2) is 7.65. The van der Waals surface area contributed by atoms with Crippen LogP contribution in [0.2, 0.25) is 5.02 Å². The van der Waals surface area contributed by atoms with Crippen LogP contribution in [-0.2, 0) is 10.0 Å². The zero-order chi connectivity index (χ0) is 14.8. The summed E-state index contributed by atoms with van der Waals surface area (Å²) >= 11 is 5.93. The number of nitrogens with zero attached hydrogens (tertiary/aromatic N) is 1. The third-order valence-corrected chi connectivity index (χ3v) is 5.68. The van der Waals surface area contributed by atoms with Gasteiger partial charge in [-0.15, -0.1) is 12.4 Å². The molecule has 0 amide bonds. The van der Waals surface area contributed by atoms with Crippen LogP contribution in [-0.4, -0.2) is 46.0 Å². The molecule has 0 radical (unpaired) electrons. The molecule has 21 heavy (non-hydrogen) atoms. The molecule has 0 aromatic heterocycles. The molecular weight excluding hydrogens is 335 g/mol. The topological polar surface area (TPSA) is 58.6 Å². The summed E-state index contributed by atoms with van der Waals surface area (Å²) in [6.07, 6.45) is 1.73. The molecule has 1 saturated heterocycles. The molecule has 0 aliphatic carbocycles. The summed E-state index contributed by atoms with van der Waals surface area (Å²) in [6.45, 7) is 1.17. The lowest BCUT2D eigenvalue weighted by atomic mass is 10.2. The van der Waals surface area contributed by atoms with Crippen molar-refractivity contribution in [1.82, 2.24) is 9.62 Å². The van der Waals surface area contributed by atoms with Gasteiger partial charge in [0.15, 0.2) is 0 Å². The molecule has 0 saturated carbocycles. The molecular formula is C13H20Cl2N2O3S. The lowest BCUT2D eigenvalue weighted by Gasteiger charge is -2.24. The monoisotopic (exact) mass is 354 g/mol. The molecule has 1 aliphatic rings. The van der Waals surface area contributed by atoms with E-state index in [4.69, 9.17) is 16.3 Å². The Morgan fingerprint density at radius 3 is 2.81 bits per heavy atom. The predicted octanol–water partition coefficient (Wildman–Crippen LogP) is 2.14. The third-order valence-electron chi connectivity index (χ3n) is 3.48. The first kappa shape index (κ1) is 18.5. The molecule has 0 bridgehead atoms. The van der Waals surface area contributed by atoms with Crippen LogP contribution < -0.4 is 10.1 Å². The van der Waals surface area contributed by atoms with Crippen molar-refractivity contribution in [2.75, 3.05) is 27.2 Å². The highest BCUT2D eigenvalue weighted by molar-refractivity contribution is 7.89. The standard InChI is InChI=1S/C13H19ClN2O3S.ClH/c1-15-9-11-4-3-7-16(11)20(17,18)13-8-10(14)5-6-12(13)19-2;/h5-6,8,11,15H,3-4,7,9H2,1-2H3;1H. The van der Waals surface area contributed by atoms with Crippen LogP contribution in [0.25, 0.3) is 0 Å². The van der Waals surface area contributed by atoms with Gasteiger partial charge in [-0.3, -0.25) is 0 Å². The van der Waals surface area contributed by atoms with Crippen molar-refractivity contribution in [3.8, 4) is 5.75 Å². The van der Waals surface area contributed by atoms with Crippen molar-refractivity contribution in [3.05, 3.63) is 23.2 Å². The van der Waals surface area contributed by atoms with E-state index < -0.39 is 10.0 Å². The minimum Gasteiger partial charge on any atom is -0.495 e. The van der Waals surface area contributed by atoms with Crippen molar-refractivity contribution in [2.45, 2.75) is 23.8 Å². The summed E-state index contributed by atoms with van der Waals surface area (Å²) in [5, 5.41) is 3.42. The van der Waals surface area contributed by atoms with Gasteiger partial charge >= 0.3 is 0 Å². The summed E-state index contributed by atoms with van der Waals surface area (Å²) in [6, 6.07) is 4.63. The molecule has 1 unspecified atom stereocenters. The highest BCUT2D eigenvalue weighted by Crippen LogP contribution is 2.33. The quantitative estimate of drug-likeness (QED) is 0.879. The Morgan fingerprint density at radius 1 is 1.48 bits per heavy atom. The van der Waals surface area contributed by atoms with E-state index in [1.807, 2.05) is 7.05 Å². The van der Waals surface area contributed by atoms with E-state index in [9.17, 15) is 8.42 Å². The van der Waals surface area contributed by atoms with Gasteiger partial charge in [0.25, 0.3) is 0 Å². The third kappa shape index (κ3) is 3.81. The molecule has 1 aliphatic heterocycles. The highest BCUT2D eigenvalue weighted by Gasteiger charge is 2.36. The number of hydrogen-bond donors (Lipinski definition) is 1. The van der Waals surface area contributed by atoms with Gasteiger partial charge in [0.2, 0.25) is 10.0 Å². The molecule has 1 aromatic carbocycles. The Labute approximate surface area is 137 Å². The first-order chi connectivity index (χ1) is 9.50. The number of sulfonamides is 1. The number of benzene rings is 1. The number of methoxy groups -OCH3 is 1. The minimum absolute atomic E-state index is 0. The maximum atomic E-state index is 12.8. The number of nitrogens with one attached hydrogen (secondary N) is 1. The van der Waals surface area contributed by atoms with Crippen molar-refractivity contribution in [3.63, 3.8) is 0 Å². The molecule has 1 N–H and O–H groups in total. The normalized spacial score (nSPS) is 19.3. The maximum Gasteiger partial charge on any atom is 0.247 e. The zero-order valence-electron chi connectivity index (χ0n) is 12.0. The number of ether oxygens (including phenoxy) is 1. The fraction of sp³-hybridized carbons (Fsp3) is 0.538. The fourth-order valence-corrected chi connectivity index (χ4v) is 4.66. The SMILES string of the molecule is CNCC1CCCN1S(=O)(=O)c1cc(Cl)ccc1OC.Cl. The zero-order valence-corrected chi connectivity index (χ0v) is 14.4. The van der Waals surface area contributed by atoms with E-state index in [0.717, 1.165) is 12.8 Å². The Bertz CT molecular complexity index is 581. The minimum atomic E-state index is -3.59. The van der Waals surface area contributed by atoms with Crippen molar-refractivity contribution in [2.24, 2.45) is 0 Å². The predicted molar refractivity (Wildman–Crippen MR) is 86.1 cm³/mol. The van der Waals surface area contributed by atoms with Gasteiger partial charge in [-0.2, -0.15) is 4.31 Å². The van der Waals surface area contributed by atoms with E-state index in [1.165, 1.54) is 17.5 Å². The molecule has 1 heterocycles. The largest absolute Gasteiger partial charge is 0.495 e. The van der Waals surface area contributed by atoms with Crippen molar-refractivity contribution >= 4 is 34.0 Å². The molecule has 5 nitrogen and oxygen atoms in total. The maximum absolute atomic E-state index is 12.8. The summed E-state index contributed by atoms with van der Waals surface area (Å²) in [7, 11) is -0.313. The first-order valence-corrected chi connectivity index (χ1v) is 8.32. The molecule has 8 heteroatoms. The number of rotatable bonds is 5. The smallest absolute Gasteiger partial charge is 0.247 e. The molecule has 1 aromatic rings. The van der Waals surface area contributed by atoms with Crippen LogP contribution in [0.1, 0.15) is 12.8 Å². The first-order valence-electron chi connectivity index (χ1n) is 6.50. The number of hydrogen-bond acceptors (Lipinski definition) is 4. The Balaban J connectivity index is 0.00000220. The second-order valence-corrected chi connectivity index (χ2v) is 7.06. The Hall–Kier alpha value is -0.530. The summed E-state index contributed by atoms with van der Waals surface area (Å²) in [5.41, 5.74) is 0. The van der Waals surface area contributed by atoms with E-state index in [-0.39, 0.29) is 23.3 Å². The van der Waals surface area contributed by atoms with Crippen LogP contribution in [0, 0.1) is 0 Å². The van der Waals surface area contributed by atoms with Gasteiger partial charge < -0.3 is 10.1 Å². The molecule has 2 rings (SSSR count). The van der Waals surface area contributed by atoms with Crippen LogP contribution in [0.3, 0.4) is 0 Å². The van der Waals surface area contributed by atoms with E-state index in [2.05, 4.69) is 5.32 Å². The van der Waals surface area contributed by atoms with Gasteiger partial charge in [-0.1, -0.05) is 11.6 Å². The lowest BCUT2D eigenvalue weighted by Crippen LogP contribution is -2.40. The average Bonchev–Trinajstić information content (AvgIpc) is 2.88. The number of halogens is 2. The van der Waals surface area contributed by atoms with Gasteiger partial charge in [-0.05, 0) is 38.1 Å². The van der Waals surface area contributed by atoms with Crippen LogP contribution in [0.15, 0.2) is 23.1 Å². The second-order valence-electron chi connectivity index (χ2n) is 4.76. The Morgan fingerprint density at radius 2 is 2.19 bits per heavy atom. The van der Waals surface area contributed by atoms with Gasteiger partial charge in [0.05, 0.1) is 7.11 Å². The molecule has 1 atom stereocenters. The van der Waals surface area contributed by atoms with Gasteiger partial charge in [0.1, 0.15) is 10.6 Å². The lowest BCUT2D eigenvalue weighted by molar-refractivity contribution is 0.370. The van der Waals surface area contributed by atoms with E-state index in [0.29, 0.717) is 23.9 Å². The molecule has 1 fully saturated rings. The molecule has 0 spiro atoms. The van der Waals surface area contributed by atoms with Gasteiger partial charge in [-0.25, -0.2) is 8.42 Å². The Kier molecular flexibility index (Phi) is 6.74. The average molecular weight is 355 g/mol. The molecule has 120 valence electrons. The van der Waals surface area contributed by atoms with Gasteiger partial charge in [0, 0.05) is 24.2 Å². The summed E-state index contributed by atoms with van der Waals surface area (Å²) in [4.78, 5) is 0.135. The van der Waals surface area contributed by atoms with E-state index >= 15 is 0 Å². The highest BCUT2D eigenvalue weighted by atomic mass is 35.5. The fourth-order valence-electron chi connectivity index (χ4n) is 2.54. The van der Waals surface area contributed by atoms with E-state index in [1.54, 1.807) is 12.1 Å². The summed E-state index contributed by atoms with van der Waals surface area (Å²) < 4.78 is 32.3. The number of likely N-dealkylation sites (N-methyl/N-ethyl adjacent to an activating group) is 1.